The molecule has 0 aliphatic carbocycles. The van der Waals surface area contributed by atoms with Gasteiger partial charge < -0.3 is 15.4 Å². The van der Waals surface area contributed by atoms with Crippen molar-refractivity contribution >= 4 is 41.3 Å². The van der Waals surface area contributed by atoms with Gasteiger partial charge in [-0.1, -0.05) is 31.2 Å². The van der Waals surface area contributed by atoms with E-state index in [1.54, 1.807) is 25.5 Å². The third-order valence-corrected chi connectivity index (χ3v) is 4.48. The highest BCUT2D eigenvalue weighted by Crippen LogP contribution is 2.12. The van der Waals surface area contributed by atoms with Crippen LogP contribution in [0.2, 0.25) is 0 Å². The van der Waals surface area contributed by atoms with Gasteiger partial charge in [0.05, 0.1) is 13.2 Å². The summed E-state index contributed by atoms with van der Waals surface area (Å²) >= 11 is 1.74. The summed E-state index contributed by atoms with van der Waals surface area (Å²) in [7, 11) is 3.48. The first-order valence-corrected chi connectivity index (χ1v) is 8.51. The zero-order valence-electron chi connectivity index (χ0n) is 14.3. The largest absolute Gasteiger partial charge is 0.380 e. The molecular formula is C17H25IN4OS. The van der Waals surface area contributed by atoms with Gasteiger partial charge in [-0.3, -0.25) is 4.99 Å². The molecule has 0 saturated heterocycles. The predicted molar refractivity (Wildman–Crippen MR) is 111 cm³/mol. The molecule has 0 saturated carbocycles. The quantitative estimate of drug-likeness (QED) is 0.378. The number of thiazole rings is 1. The summed E-state index contributed by atoms with van der Waals surface area (Å²) in [6.07, 6.45) is 2.97. The Morgan fingerprint density at radius 1 is 1.25 bits per heavy atom. The van der Waals surface area contributed by atoms with Crippen molar-refractivity contribution in [2.45, 2.75) is 33.0 Å². The van der Waals surface area contributed by atoms with Gasteiger partial charge in [0, 0.05) is 31.8 Å². The van der Waals surface area contributed by atoms with Gasteiger partial charge >= 0.3 is 0 Å². The second-order valence-electron chi connectivity index (χ2n) is 5.11. The number of aromatic nitrogens is 1. The lowest BCUT2D eigenvalue weighted by Crippen LogP contribution is -2.36. The monoisotopic (exact) mass is 460 g/mol. The minimum Gasteiger partial charge on any atom is -0.380 e. The van der Waals surface area contributed by atoms with E-state index in [-0.39, 0.29) is 24.0 Å². The summed E-state index contributed by atoms with van der Waals surface area (Å²) in [5.74, 6) is 0.774. The predicted octanol–water partition coefficient (Wildman–Crippen LogP) is 3.34. The fourth-order valence-electron chi connectivity index (χ4n) is 2.16. The van der Waals surface area contributed by atoms with Crippen LogP contribution in [0.25, 0.3) is 0 Å². The Labute approximate surface area is 165 Å². The topological polar surface area (TPSA) is 58.5 Å². The molecule has 0 amide bonds. The Morgan fingerprint density at radius 2 is 2.00 bits per heavy atom. The first-order valence-electron chi connectivity index (χ1n) is 7.70. The molecule has 0 aliphatic rings. The van der Waals surface area contributed by atoms with Crippen LogP contribution in [-0.4, -0.2) is 25.1 Å². The number of guanidine groups is 1. The van der Waals surface area contributed by atoms with Gasteiger partial charge in [-0.25, -0.2) is 4.98 Å². The molecule has 132 valence electrons. The molecule has 0 atom stereocenters. The summed E-state index contributed by atoms with van der Waals surface area (Å²) < 4.78 is 5.17. The van der Waals surface area contributed by atoms with E-state index in [1.165, 1.54) is 16.0 Å². The van der Waals surface area contributed by atoms with Crippen molar-refractivity contribution in [3.63, 3.8) is 0 Å². The third-order valence-electron chi connectivity index (χ3n) is 3.34. The van der Waals surface area contributed by atoms with Gasteiger partial charge in [-0.15, -0.1) is 35.3 Å². The van der Waals surface area contributed by atoms with Crippen LogP contribution >= 0.6 is 35.3 Å². The first kappa shape index (κ1) is 20.9. The Kier molecular flexibility index (Phi) is 9.89. The van der Waals surface area contributed by atoms with E-state index in [9.17, 15) is 0 Å². The molecule has 0 spiro atoms. The number of nitrogens with one attached hydrogen (secondary N) is 2. The van der Waals surface area contributed by atoms with Crippen LogP contribution in [0.5, 0.6) is 0 Å². The van der Waals surface area contributed by atoms with Crippen LogP contribution in [0.3, 0.4) is 0 Å². The minimum absolute atomic E-state index is 0. The summed E-state index contributed by atoms with van der Waals surface area (Å²) in [4.78, 5) is 9.96. The van der Waals surface area contributed by atoms with Crippen molar-refractivity contribution in [1.82, 2.24) is 15.6 Å². The molecule has 5 nitrogen and oxygen atoms in total. The number of hydrogen-bond donors (Lipinski definition) is 2. The number of hydrogen-bond acceptors (Lipinski definition) is 4. The second-order valence-corrected chi connectivity index (χ2v) is 6.31. The minimum atomic E-state index is 0. The van der Waals surface area contributed by atoms with Gasteiger partial charge in [0.1, 0.15) is 5.01 Å². The maximum atomic E-state index is 5.17. The summed E-state index contributed by atoms with van der Waals surface area (Å²) in [6.45, 7) is 4.18. The lowest BCUT2D eigenvalue weighted by molar-refractivity contribution is 0.185. The SMILES string of the molecule is CCc1cnc(CNC(=NC)NCc2cccc(COC)c2)s1.I. The average Bonchev–Trinajstić information content (AvgIpc) is 3.04. The Bertz CT molecular complexity index is 645. The standard InChI is InChI=1S/C17H24N4OS.HI/c1-4-15-10-19-16(23-15)11-21-17(18-2)20-9-13-6-5-7-14(8-13)12-22-3;/h5-8,10H,4,9,11-12H2,1-3H3,(H2,18,20,21);1H. The van der Waals surface area contributed by atoms with Crippen LogP contribution < -0.4 is 10.6 Å². The molecule has 24 heavy (non-hydrogen) atoms. The first-order chi connectivity index (χ1) is 11.2. The van der Waals surface area contributed by atoms with Gasteiger partial charge in [0.2, 0.25) is 0 Å². The lowest BCUT2D eigenvalue weighted by atomic mass is 10.1. The van der Waals surface area contributed by atoms with Crippen molar-refractivity contribution in [2.24, 2.45) is 4.99 Å². The average molecular weight is 460 g/mol. The molecule has 2 N–H and O–H groups in total. The molecule has 0 unspecified atom stereocenters. The molecule has 0 bridgehead atoms. The number of methoxy groups -OCH3 is 1. The van der Waals surface area contributed by atoms with E-state index in [1.807, 2.05) is 12.3 Å². The Morgan fingerprint density at radius 3 is 2.67 bits per heavy atom. The van der Waals surface area contributed by atoms with Crippen molar-refractivity contribution in [3.05, 3.63) is 51.5 Å². The highest BCUT2D eigenvalue weighted by atomic mass is 127. The Balaban J connectivity index is 0.00000288. The maximum absolute atomic E-state index is 5.17. The normalized spacial score (nSPS) is 11.0. The molecular weight excluding hydrogens is 435 g/mol. The fourth-order valence-corrected chi connectivity index (χ4v) is 2.96. The van der Waals surface area contributed by atoms with E-state index in [4.69, 9.17) is 4.74 Å². The van der Waals surface area contributed by atoms with E-state index < -0.39 is 0 Å². The number of aryl methyl sites for hydroxylation is 1. The van der Waals surface area contributed by atoms with E-state index in [2.05, 4.69) is 45.7 Å². The van der Waals surface area contributed by atoms with Gasteiger partial charge in [0.25, 0.3) is 0 Å². The van der Waals surface area contributed by atoms with Crippen LogP contribution in [-0.2, 0) is 30.9 Å². The summed E-state index contributed by atoms with van der Waals surface area (Å²) in [5, 5.41) is 7.69. The summed E-state index contributed by atoms with van der Waals surface area (Å²) in [6, 6.07) is 8.34. The molecule has 1 aromatic carbocycles. The lowest BCUT2D eigenvalue weighted by Gasteiger charge is -2.11. The number of aliphatic imine (C=N–C) groups is 1. The van der Waals surface area contributed by atoms with Crippen LogP contribution in [0.4, 0.5) is 0 Å². The summed E-state index contributed by atoms with van der Waals surface area (Å²) in [5.41, 5.74) is 2.37. The number of nitrogens with zero attached hydrogens (tertiary/aromatic N) is 2. The van der Waals surface area contributed by atoms with E-state index >= 15 is 0 Å². The van der Waals surface area contributed by atoms with Crippen molar-refractivity contribution in [2.75, 3.05) is 14.2 Å². The number of rotatable bonds is 7. The number of benzene rings is 1. The molecule has 2 rings (SSSR count). The van der Waals surface area contributed by atoms with Crippen LogP contribution in [0.1, 0.15) is 27.9 Å². The fraction of sp³-hybridized carbons (Fsp3) is 0.412. The zero-order valence-corrected chi connectivity index (χ0v) is 17.5. The van der Waals surface area contributed by atoms with E-state index in [0.717, 1.165) is 23.9 Å². The van der Waals surface area contributed by atoms with Crippen LogP contribution in [0.15, 0.2) is 35.5 Å². The second kappa shape index (κ2) is 11.4. The van der Waals surface area contributed by atoms with Gasteiger partial charge in [-0.2, -0.15) is 0 Å². The van der Waals surface area contributed by atoms with E-state index in [0.29, 0.717) is 13.2 Å². The van der Waals surface area contributed by atoms with Crippen molar-refractivity contribution < 1.29 is 4.74 Å². The van der Waals surface area contributed by atoms with Gasteiger partial charge in [0.15, 0.2) is 5.96 Å². The molecule has 0 fully saturated rings. The molecule has 0 radical (unpaired) electrons. The molecule has 1 aromatic heterocycles. The third kappa shape index (κ3) is 6.74. The zero-order chi connectivity index (χ0) is 16.5. The maximum Gasteiger partial charge on any atom is 0.191 e. The molecule has 0 aliphatic heterocycles. The number of ether oxygens (including phenoxy) is 1. The number of halogens is 1. The van der Waals surface area contributed by atoms with Crippen LogP contribution in [0, 0.1) is 0 Å². The van der Waals surface area contributed by atoms with Crippen molar-refractivity contribution in [1.29, 1.82) is 0 Å². The molecule has 7 heteroatoms. The molecule has 2 aromatic rings. The highest BCUT2D eigenvalue weighted by molar-refractivity contribution is 14.0. The Hall–Kier alpha value is -1.19. The van der Waals surface area contributed by atoms with Gasteiger partial charge in [-0.05, 0) is 17.5 Å². The van der Waals surface area contributed by atoms with Crippen molar-refractivity contribution in [3.8, 4) is 0 Å². The molecule has 1 heterocycles. The smallest absolute Gasteiger partial charge is 0.191 e. The highest BCUT2D eigenvalue weighted by Gasteiger charge is 2.03.